The molecule has 5 rings (SSSR count). The fraction of sp³-hybridized carbons (Fsp3) is 0.385. The van der Waals surface area contributed by atoms with Gasteiger partial charge in [0.2, 0.25) is 11.8 Å². The molecule has 0 amide bonds. The summed E-state index contributed by atoms with van der Waals surface area (Å²) in [5.41, 5.74) is 3.35. The quantitative estimate of drug-likeness (QED) is 0.358. The van der Waals surface area contributed by atoms with Crippen LogP contribution in [0.3, 0.4) is 0 Å². The average molecular weight is 478 g/mol. The summed E-state index contributed by atoms with van der Waals surface area (Å²) in [6, 6.07) is 11.4. The Morgan fingerprint density at radius 2 is 1.91 bits per heavy atom. The number of anilines is 1. The Hall–Kier alpha value is -3.59. The van der Waals surface area contributed by atoms with Crippen LogP contribution in [-0.4, -0.2) is 39.4 Å². The van der Waals surface area contributed by atoms with Gasteiger partial charge in [-0.25, -0.2) is 9.37 Å². The number of benzene rings is 2. The second-order valence-corrected chi connectivity index (χ2v) is 9.20. The van der Waals surface area contributed by atoms with E-state index in [0.29, 0.717) is 36.2 Å². The number of non-ortho nitro benzene ring substituents is 1. The number of aromatic nitrogens is 2. The summed E-state index contributed by atoms with van der Waals surface area (Å²) in [7, 11) is 0. The second kappa shape index (κ2) is 9.95. The van der Waals surface area contributed by atoms with Crippen LogP contribution in [0, 0.1) is 22.9 Å². The van der Waals surface area contributed by atoms with E-state index in [9.17, 15) is 14.5 Å². The minimum Gasteiger partial charge on any atom is -0.438 e. The third-order valence-electron chi connectivity index (χ3n) is 6.60. The van der Waals surface area contributed by atoms with Crippen molar-refractivity contribution in [2.45, 2.75) is 45.7 Å². The van der Waals surface area contributed by atoms with Gasteiger partial charge in [0.1, 0.15) is 11.6 Å². The zero-order chi connectivity index (χ0) is 24.4. The third-order valence-corrected chi connectivity index (χ3v) is 6.60. The molecule has 0 atom stereocenters. The third kappa shape index (κ3) is 5.24. The highest BCUT2D eigenvalue weighted by Gasteiger charge is 2.26. The Bertz CT molecular complexity index is 1250. The summed E-state index contributed by atoms with van der Waals surface area (Å²) < 4.78 is 20.1. The van der Waals surface area contributed by atoms with Gasteiger partial charge in [-0.2, -0.15) is 4.98 Å². The summed E-state index contributed by atoms with van der Waals surface area (Å²) in [6.45, 7) is 5.47. The zero-order valence-corrected chi connectivity index (χ0v) is 19.7. The van der Waals surface area contributed by atoms with Crippen LogP contribution in [0.15, 0.2) is 42.5 Å². The molecule has 2 aromatic carbocycles. The second-order valence-electron chi connectivity index (χ2n) is 9.20. The first-order valence-corrected chi connectivity index (χ1v) is 12.0. The number of rotatable bonds is 6. The van der Waals surface area contributed by atoms with E-state index in [1.807, 2.05) is 6.07 Å². The van der Waals surface area contributed by atoms with Crippen molar-refractivity contribution in [3.63, 3.8) is 0 Å². The number of piperidine rings is 1. The number of hydrogen-bond acceptors (Lipinski definition) is 7. The maximum absolute atomic E-state index is 13.8. The lowest BCUT2D eigenvalue weighted by Crippen LogP contribution is -2.34. The lowest BCUT2D eigenvalue weighted by molar-refractivity contribution is -0.384. The van der Waals surface area contributed by atoms with Gasteiger partial charge in [0.15, 0.2) is 0 Å². The van der Waals surface area contributed by atoms with E-state index in [1.54, 1.807) is 31.2 Å². The van der Waals surface area contributed by atoms with Gasteiger partial charge in [-0.15, -0.1) is 0 Å². The maximum atomic E-state index is 13.8. The van der Waals surface area contributed by atoms with E-state index < -0.39 is 0 Å². The molecule has 1 saturated heterocycles. The minimum absolute atomic E-state index is 0.0881. The SMILES string of the molecule is Cc1cc(Oc2nc(N3CCCCC3)nc3c2CN(Cc2cccc([N+](=O)[O-])c2)CC3)ccc1F. The van der Waals surface area contributed by atoms with Gasteiger partial charge in [-0.05, 0) is 55.5 Å². The Labute approximate surface area is 203 Å². The van der Waals surface area contributed by atoms with E-state index in [-0.39, 0.29) is 16.4 Å². The monoisotopic (exact) mass is 477 g/mol. The normalized spacial score (nSPS) is 16.1. The molecule has 1 fully saturated rings. The van der Waals surface area contributed by atoms with Crippen LogP contribution in [-0.2, 0) is 19.5 Å². The van der Waals surface area contributed by atoms with Crippen molar-refractivity contribution in [1.29, 1.82) is 0 Å². The molecule has 2 aliphatic rings. The Morgan fingerprint density at radius 1 is 1.09 bits per heavy atom. The highest BCUT2D eigenvalue weighted by Crippen LogP contribution is 2.33. The predicted octanol–water partition coefficient (Wildman–Crippen LogP) is 5.17. The summed E-state index contributed by atoms with van der Waals surface area (Å²) in [5, 5.41) is 11.2. The van der Waals surface area contributed by atoms with Crippen molar-refractivity contribution in [2.75, 3.05) is 24.5 Å². The van der Waals surface area contributed by atoms with Crippen LogP contribution < -0.4 is 9.64 Å². The molecule has 0 unspecified atom stereocenters. The number of ether oxygens (including phenoxy) is 1. The molecule has 1 aromatic heterocycles. The number of halogens is 1. The van der Waals surface area contributed by atoms with Crippen molar-refractivity contribution >= 4 is 11.6 Å². The Morgan fingerprint density at radius 3 is 2.69 bits per heavy atom. The number of fused-ring (bicyclic) bond motifs is 1. The summed E-state index contributed by atoms with van der Waals surface area (Å²) in [4.78, 5) is 24.9. The van der Waals surface area contributed by atoms with Gasteiger partial charge in [-0.1, -0.05) is 12.1 Å². The van der Waals surface area contributed by atoms with Crippen molar-refractivity contribution in [3.8, 4) is 11.6 Å². The number of aryl methyl sites for hydroxylation is 1. The molecular weight excluding hydrogens is 449 g/mol. The van der Waals surface area contributed by atoms with E-state index >= 15 is 0 Å². The van der Waals surface area contributed by atoms with Crippen LogP contribution in [0.2, 0.25) is 0 Å². The molecule has 3 aromatic rings. The van der Waals surface area contributed by atoms with E-state index in [1.165, 1.54) is 18.6 Å². The highest BCUT2D eigenvalue weighted by atomic mass is 19.1. The van der Waals surface area contributed by atoms with Crippen LogP contribution in [0.5, 0.6) is 11.6 Å². The van der Waals surface area contributed by atoms with Crippen LogP contribution in [0.1, 0.15) is 41.6 Å². The molecule has 2 aliphatic heterocycles. The smallest absolute Gasteiger partial charge is 0.269 e. The van der Waals surface area contributed by atoms with Crippen LogP contribution in [0.25, 0.3) is 0 Å². The molecule has 0 saturated carbocycles. The number of nitrogens with zero attached hydrogens (tertiary/aromatic N) is 5. The first kappa shape index (κ1) is 23.2. The van der Waals surface area contributed by atoms with Gasteiger partial charge < -0.3 is 9.64 Å². The van der Waals surface area contributed by atoms with Gasteiger partial charge >= 0.3 is 0 Å². The predicted molar refractivity (Wildman–Crippen MR) is 130 cm³/mol. The zero-order valence-electron chi connectivity index (χ0n) is 19.7. The van der Waals surface area contributed by atoms with Crippen LogP contribution in [0.4, 0.5) is 16.0 Å². The highest BCUT2D eigenvalue weighted by molar-refractivity contribution is 5.44. The number of nitro groups is 1. The largest absolute Gasteiger partial charge is 0.438 e. The molecule has 0 aliphatic carbocycles. The van der Waals surface area contributed by atoms with Crippen molar-refractivity contribution in [1.82, 2.24) is 14.9 Å². The van der Waals surface area contributed by atoms with Gasteiger partial charge in [0, 0.05) is 51.3 Å². The standard InChI is InChI=1S/C26H28FN5O3/c1-18-14-21(8-9-23(18)27)35-25-22-17-30(16-19-6-5-7-20(15-19)32(33)34)13-10-24(22)28-26(29-25)31-11-3-2-4-12-31/h5-9,14-15H,2-4,10-13,16-17H2,1H3. The molecule has 0 spiro atoms. The fourth-order valence-corrected chi connectivity index (χ4v) is 4.70. The minimum atomic E-state index is -0.373. The molecule has 182 valence electrons. The van der Waals surface area contributed by atoms with Gasteiger partial charge in [0.05, 0.1) is 16.2 Å². The molecule has 0 N–H and O–H groups in total. The first-order valence-electron chi connectivity index (χ1n) is 12.0. The molecule has 0 radical (unpaired) electrons. The van der Waals surface area contributed by atoms with Crippen molar-refractivity contribution < 1.29 is 14.1 Å². The molecular formula is C26H28FN5O3. The Kier molecular flexibility index (Phi) is 6.59. The van der Waals surface area contributed by atoms with E-state index in [0.717, 1.165) is 55.7 Å². The molecule has 9 heteroatoms. The van der Waals surface area contributed by atoms with E-state index in [2.05, 4.69) is 9.80 Å². The molecule has 35 heavy (non-hydrogen) atoms. The van der Waals surface area contributed by atoms with Gasteiger partial charge in [0.25, 0.3) is 5.69 Å². The van der Waals surface area contributed by atoms with Crippen molar-refractivity contribution in [3.05, 3.63) is 80.8 Å². The topological polar surface area (TPSA) is 84.6 Å². The first-order chi connectivity index (χ1) is 17.0. The molecule has 3 heterocycles. The summed E-state index contributed by atoms with van der Waals surface area (Å²) in [5.74, 6) is 1.43. The van der Waals surface area contributed by atoms with E-state index in [4.69, 9.17) is 14.7 Å². The fourth-order valence-electron chi connectivity index (χ4n) is 4.70. The Balaban J connectivity index is 1.44. The lowest BCUT2D eigenvalue weighted by atomic mass is 10.1. The summed E-state index contributed by atoms with van der Waals surface area (Å²) >= 11 is 0. The maximum Gasteiger partial charge on any atom is 0.269 e. The molecule has 0 bridgehead atoms. The molecule has 8 nitrogen and oxygen atoms in total. The number of hydrogen-bond donors (Lipinski definition) is 0. The van der Waals surface area contributed by atoms with Crippen LogP contribution >= 0.6 is 0 Å². The van der Waals surface area contributed by atoms with Crippen molar-refractivity contribution in [2.24, 2.45) is 0 Å². The lowest BCUT2D eigenvalue weighted by Gasteiger charge is -2.32. The number of nitro benzene ring substituents is 1. The average Bonchev–Trinajstić information content (AvgIpc) is 2.87. The summed E-state index contributed by atoms with van der Waals surface area (Å²) in [6.07, 6.45) is 4.17. The van der Waals surface area contributed by atoms with Gasteiger partial charge in [-0.3, -0.25) is 15.0 Å².